The third kappa shape index (κ3) is 20.4. The van der Waals surface area contributed by atoms with Gasteiger partial charge >= 0.3 is 0 Å². The second kappa shape index (κ2) is 36.9. The van der Waals surface area contributed by atoms with Gasteiger partial charge in [-0.2, -0.15) is 0 Å². The molecule has 0 unspecified atom stereocenters. The molecule has 24 rings (SSSR count). The molecule has 704 valence electrons. The van der Waals surface area contributed by atoms with Crippen LogP contribution in [0.1, 0.15) is 156 Å². The first kappa shape index (κ1) is 91.3. The number of hydrogen-bond donors (Lipinski definition) is 5. The molecule has 5 N–H and O–H groups in total. The van der Waals surface area contributed by atoms with Crippen LogP contribution in [0.5, 0.6) is 0 Å². The quantitative estimate of drug-likeness (QED) is 0.0419. The summed E-state index contributed by atoms with van der Waals surface area (Å²) in [7, 11) is 0. The molecule has 10 aromatic heterocycles. The predicted octanol–water partition coefficient (Wildman–Crippen LogP) is 20.3. The number of nitrogens with one attached hydrogen (secondary N) is 5. The molecular formula is C109H105F3N20O7. The van der Waals surface area contributed by atoms with Crippen molar-refractivity contribution in [2.45, 2.75) is 137 Å². The molecule has 13 heterocycles. The summed E-state index contributed by atoms with van der Waals surface area (Å²) < 4.78 is 53.5. The lowest BCUT2D eigenvalue weighted by Crippen LogP contribution is -2.55. The average molecular weight is 1860 g/mol. The van der Waals surface area contributed by atoms with Crippen molar-refractivity contribution in [2.24, 2.45) is 45.8 Å². The van der Waals surface area contributed by atoms with Gasteiger partial charge < -0.3 is 46.1 Å². The van der Waals surface area contributed by atoms with Crippen LogP contribution >= 0.6 is 0 Å². The molecule has 139 heavy (non-hydrogen) atoms. The van der Waals surface area contributed by atoms with Crippen LogP contribution in [-0.2, 0) is 42.6 Å². The summed E-state index contributed by atoms with van der Waals surface area (Å²) >= 11 is 0. The first-order chi connectivity index (χ1) is 66.9. The van der Waals surface area contributed by atoms with Gasteiger partial charge in [0.25, 0.3) is 17.4 Å². The summed E-state index contributed by atoms with van der Waals surface area (Å²) in [4.78, 5) is 120. The molecule has 30 heteroatoms. The van der Waals surface area contributed by atoms with E-state index in [1.165, 1.54) is 36.9 Å². The number of hydrogen-bond acceptors (Lipinski definition) is 13. The third-order valence-corrected chi connectivity index (χ3v) is 26.7. The number of rotatable bonds is 21. The molecule has 0 atom stereocenters. The summed E-state index contributed by atoms with van der Waals surface area (Å²) in [6.07, 6.45) is 20.4. The lowest BCUT2D eigenvalue weighted by Gasteiger charge is -2.46. The van der Waals surface area contributed by atoms with Gasteiger partial charge in [-0.3, -0.25) is 60.5 Å². The van der Waals surface area contributed by atoms with Crippen molar-refractivity contribution < 1.29 is 46.7 Å². The Morgan fingerprint density at radius 2 is 0.705 bits per heavy atom. The van der Waals surface area contributed by atoms with Gasteiger partial charge in [0.05, 0.1) is 70.6 Å². The number of amides is 7. The van der Waals surface area contributed by atoms with E-state index >= 15 is 4.39 Å². The van der Waals surface area contributed by atoms with Crippen LogP contribution in [0.4, 0.5) is 42.3 Å². The monoisotopic (exact) mass is 1860 g/mol. The molecule has 6 aliphatic carbocycles. The van der Waals surface area contributed by atoms with Crippen molar-refractivity contribution in [1.29, 1.82) is 0 Å². The van der Waals surface area contributed by atoms with Gasteiger partial charge in [-0.15, -0.1) is 0 Å². The first-order valence-electron chi connectivity index (χ1n) is 47.5. The second-order valence-electron chi connectivity index (χ2n) is 40.5. The van der Waals surface area contributed by atoms with Gasteiger partial charge in [0, 0.05) is 116 Å². The topological polar surface area (TPSA) is 285 Å². The average Bonchev–Trinajstić information content (AvgIpc) is 1.74. The number of imidazole rings is 5. The number of benzene rings is 5. The molecule has 15 aromatic rings. The van der Waals surface area contributed by atoms with Crippen molar-refractivity contribution >= 4 is 98.7 Å². The zero-order valence-electron chi connectivity index (χ0n) is 78.1. The maximum Gasteiger partial charge on any atom is 0.258 e. The van der Waals surface area contributed by atoms with Crippen LogP contribution in [0.25, 0.3) is 94.2 Å². The minimum atomic E-state index is -0.540. The zero-order valence-corrected chi connectivity index (χ0v) is 78.1. The summed E-state index contributed by atoms with van der Waals surface area (Å²) in [5, 5.41) is 14.4. The van der Waals surface area contributed by atoms with Gasteiger partial charge in [-0.1, -0.05) is 133 Å². The number of anilines is 5. The molecule has 5 aromatic carbocycles. The Morgan fingerprint density at radius 3 is 1.04 bits per heavy atom. The third-order valence-electron chi connectivity index (χ3n) is 26.7. The van der Waals surface area contributed by atoms with Crippen LogP contribution in [0.15, 0.2) is 225 Å². The lowest BCUT2D eigenvalue weighted by molar-refractivity contribution is -0.118. The molecule has 0 bridgehead atoms. The number of carbonyl (C=O) groups excluding carboxylic acids is 7. The van der Waals surface area contributed by atoms with E-state index in [1.807, 2.05) is 92.3 Å². The van der Waals surface area contributed by atoms with E-state index in [4.69, 9.17) is 13.1 Å². The number of halogens is 3. The Balaban J connectivity index is 0.000000107. The fraction of sp³-hybridized carbons (Fsp3) is 0.321. The molecule has 3 aliphatic heterocycles. The Labute approximate surface area is 801 Å². The molecular weight excluding hydrogens is 1760 g/mol. The number of likely N-dealkylation sites (tertiary alicyclic amines) is 3. The second-order valence-corrected chi connectivity index (χ2v) is 40.5. The SMILES string of the molecule is CC1(C)CN(C(=O)c2ccc(-c3cccc4nc(NC(=O)C5CC5)cn34)c(F)c2)C1.CC1(C)CN(C(=O)c2ccc(-c3cccc4nc(NC(=O)C5CC5)cn34)cc2F)C1.CC1(C)CN(Cc2ccc(-c3cccc4nc(NC(=O)C5CC5)cn34)cc2)C1.[C-]#[N+]C1(c2ccc(-c3cccc4nc(NC(=O)C5CC5)cn34)cc2)CC1.[C-]#[N+]Cc1ccc(-c2cccc3nc(NC(=O)C4CC4)cn23)cc1F. The summed E-state index contributed by atoms with van der Waals surface area (Å²) in [6, 6.07) is 59.6. The van der Waals surface area contributed by atoms with E-state index in [-0.39, 0.29) is 99.4 Å². The summed E-state index contributed by atoms with van der Waals surface area (Å²) in [5.41, 5.74) is 15.4. The van der Waals surface area contributed by atoms with Crippen molar-refractivity contribution in [3.05, 3.63) is 293 Å². The molecule has 7 amide bonds. The van der Waals surface area contributed by atoms with Crippen molar-refractivity contribution in [3.63, 3.8) is 0 Å². The molecule has 3 saturated heterocycles. The highest BCUT2D eigenvalue weighted by Crippen LogP contribution is 2.50. The fourth-order valence-corrected chi connectivity index (χ4v) is 18.5. The van der Waals surface area contributed by atoms with Crippen LogP contribution < -0.4 is 26.6 Å². The van der Waals surface area contributed by atoms with E-state index in [2.05, 4.69) is 167 Å². The Hall–Kier alpha value is -15.4. The molecule has 9 aliphatic rings. The smallest absolute Gasteiger partial charge is 0.258 e. The normalized spacial score (nSPS) is 17.1. The highest BCUT2D eigenvalue weighted by Gasteiger charge is 2.52. The van der Waals surface area contributed by atoms with E-state index < -0.39 is 17.5 Å². The number of aromatic nitrogens is 10. The minimum Gasteiger partial charge on any atom is -0.337 e. The Bertz CT molecular complexity index is 7470. The molecule has 0 spiro atoms. The highest BCUT2D eigenvalue weighted by atomic mass is 19.1. The number of fused-ring (bicyclic) bond motifs is 5. The van der Waals surface area contributed by atoms with Crippen LogP contribution in [0, 0.1) is 76.4 Å². The zero-order chi connectivity index (χ0) is 96.5. The van der Waals surface area contributed by atoms with Crippen LogP contribution in [-0.4, -0.2) is 142 Å². The standard InChI is InChI=1S/2C23H23FN4O2.C23H26N4O.C21H18N4O.C19H15FN4O/c1-23(2)12-27(13-23)22(30)15-8-9-16(17(24)10-15)18-4-3-5-20-25-19(11-28(18)20)26-21(29)14-6-7-14;1-23(2)12-27(13-23)22(30)16-9-8-15(10-17(16)24)18-4-3-5-20-25-19(11-28(18)20)26-21(29)14-6-7-14;1-23(2)14-26(15-23)12-16-6-8-17(9-7-16)19-4-3-5-21-24-20(13-27(19)21)25-22(28)18-10-11-18;1-22-21(11-12-21)16-9-7-14(8-10-16)17-3-2-4-19-23-18(13-25(17)19)24-20(26)15-5-6-15;1-21-10-14-8-7-13(9-15(14)20)16-3-2-4-18-22-17(11-24(16)18)23-19(25)12-5-6-12/h2*3-5,8-11,14H,6-7,12-13H2,1-2H3,(H,26,29);3-9,13,18H,10-12,14-15H2,1-2H3,(H,25,28);2-4,7-10,13,15H,5-6,11-12H2,(H,24,26);2-4,7-9,11-12H,5-6,10H2,(H,23,25). The molecule has 6 saturated carbocycles. The van der Waals surface area contributed by atoms with Crippen molar-refractivity contribution in [3.8, 4) is 56.3 Å². The summed E-state index contributed by atoms with van der Waals surface area (Å²) in [5.74, 6) is 1.54. The van der Waals surface area contributed by atoms with E-state index in [0.717, 1.165) is 134 Å². The summed E-state index contributed by atoms with van der Waals surface area (Å²) in [6.45, 7) is 33.3. The largest absolute Gasteiger partial charge is 0.337 e. The van der Waals surface area contributed by atoms with Crippen LogP contribution in [0.2, 0.25) is 0 Å². The van der Waals surface area contributed by atoms with Gasteiger partial charge in [-0.05, 0) is 200 Å². The first-order valence-corrected chi connectivity index (χ1v) is 47.5. The van der Waals surface area contributed by atoms with Gasteiger partial charge in [0.15, 0.2) is 29.1 Å². The predicted molar refractivity (Wildman–Crippen MR) is 526 cm³/mol. The maximum atomic E-state index is 15.0. The van der Waals surface area contributed by atoms with E-state index in [0.29, 0.717) is 111 Å². The molecule has 27 nitrogen and oxygen atoms in total. The van der Waals surface area contributed by atoms with Gasteiger partial charge in [-0.25, -0.2) is 51.2 Å². The maximum absolute atomic E-state index is 15.0. The highest BCUT2D eigenvalue weighted by molar-refractivity contribution is 5.99. The van der Waals surface area contributed by atoms with Gasteiger partial charge in [0.2, 0.25) is 36.1 Å². The Morgan fingerprint density at radius 1 is 0.367 bits per heavy atom. The fourth-order valence-electron chi connectivity index (χ4n) is 18.5. The van der Waals surface area contributed by atoms with Crippen molar-refractivity contribution in [2.75, 3.05) is 65.9 Å². The van der Waals surface area contributed by atoms with Crippen LogP contribution in [0.3, 0.4) is 0 Å². The molecule has 0 radical (unpaired) electrons. The minimum absolute atomic E-state index is 0.000465. The van der Waals surface area contributed by atoms with E-state index in [1.54, 1.807) is 87.4 Å². The van der Waals surface area contributed by atoms with Crippen molar-refractivity contribution in [1.82, 2.24) is 61.6 Å². The van der Waals surface area contributed by atoms with E-state index in [9.17, 15) is 42.3 Å². The molecule has 9 fully saturated rings. The lowest BCUT2D eigenvalue weighted by atomic mass is 9.84. The van der Waals surface area contributed by atoms with Gasteiger partial charge in [0.1, 0.15) is 45.7 Å². The number of nitrogens with zero attached hydrogens (tertiary/aromatic N) is 15. The number of carbonyl (C=O) groups is 7. The number of pyridine rings is 5. The Kier molecular flexibility index (Phi) is 24.2.